The van der Waals surface area contributed by atoms with Gasteiger partial charge in [-0.2, -0.15) is 0 Å². The van der Waals surface area contributed by atoms with E-state index in [0.29, 0.717) is 24.3 Å². The zero-order chi connectivity index (χ0) is 39.0. The number of ether oxygens (including phenoxy) is 2. The van der Waals surface area contributed by atoms with Crippen LogP contribution >= 0.6 is 23.9 Å². The molecule has 5 rings (SSSR count). The number of carbonyl (C=O) groups excluding carboxylic acids is 4. The molecule has 0 saturated carbocycles. The van der Waals surface area contributed by atoms with Crippen molar-refractivity contribution in [2.75, 3.05) is 13.2 Å². The maximum atomic E-state index is 11.0. The number of carbonyl (C=O) groups is 4. The maximum Gasteiger partial charge on any atom is 0.330 e. The molecule has 0 aliphatic heterocycles. The lowest BCUT2D eigenvalue weighted by atomic mass is 10.1. The Kier molecular flexibility index (Phi) is 20.6. The smallest absolute Gasteiger partial charge is 0.330 e. The van der Waals surface area contributed by atoms with Gasteiger partial charge in [-0.05, 0) is 105 Å². The molecule has 0 atom stereocenters. The van der Waals surface area contributed by atoms with Crippen molar-refractivity contribution in [3.63, 3.8) is 0 Å². The average Bonchev–Trinajstić information content (AvgIpc) is 3.17. The second-order valence-electron chi connectivity index (χ2n) is 11.2. The molecule has 0 heterocycles. The summed E-state index contributed by atoms with van der Waals surface area (Å²) in [6.07, 6.45) is 5.69. The van der Waals surface area contributed by atoms with Crippen LogP contribution in [0.5, 0.6) is 0 Å². The van der Waals surface area contributed by atoms with E-state index in [1.54, 1.807) is 50.3 Å². The average molecular weight is 794 g/mol. The van der Waals surface area contributed by atoms with Crippen LogP contribution in [-0.2, 0) is 19.1 Å². The maximum absolute atomic E-state index is 11.0. The van der Waals surface area contributed by atoms with E-state index in [-0.39, 0.29) is 11.9 Å². The Morgan fingerprint density at radius 3 is 1.40 bits per heavy atom. The van der Waals surface area contributed by atoms with Crippen LogP contribution in [-0.4, -0.2) is 37.7 Å². The van der Waals surface area contributed by atoms with Crippen molar-refractivity contribution < 1.29 is 28.7 Å². The molecule has 5 aromatic rings. The number of esters is 2. The third-order valence-corrected chi connectivity index (χ3v) is 10.7. The van der Waals surface area contributed by atoms with Gasteiger partial charge in [-0.3, -0.25) is 9.59 Å². The van der Waals surface area contributed by atoms with Crippen LogP contribution in [0.2, 0.25) is 0 Å². The first kappa shape index (κ1) is 43.9. The van der Waals surface area contributed by atoms with Gasteiger partial charge >= 0.3 is 11.9 Å². The molecule has 0 amide bonds. The Labute approximate surface area is 323 Å². The number of benzene rings is 5. The summed E-state index contributed by atoms with van der Waals surface area (Å²) in [5.74, 6) is -0.739. The second kappa shape index (κ2) is 24.9. The zero-order valence-electron chi connectivity index (χ0n) is 30.8. The topological polar surface area (TPSA) is 86.7 Å². The van der Waals surface area contributed by atoms with Crippen LogP contribution in [0.3, 0.4) is 0 Å². The number of rotatable bonds is 10. The van der Waals surface area contributed by atoms with E-state index in [1.807, 2.05) is 18.2 Å². The highest BCUT2D eigenvalue weighted by Gasteiger charge is 2.20. The van der Waals surface area contributed by atoms with Gasteiger partial charge in [0.1, 0.15) is 12.6 Å². The largest absolute Gasteiger partial charge is 0.463 e. The minimum Gasteiger partial charge on any atom is -0.463 e. The lowest BCUT2D eigenvalue weighted by Gasteiger charge is -2.24. The zero-order valence-corrected chi connectivity index (χ0v) is 33.3. The highest BCUT2D eigenvalue weighted by atomic mass is 79.9. The van der Waals surface area contributed by atoms with Gasteiger partial charge < -0.3 is 9.47 Å². The van der Waals surface area contributed by atoms with Crippen molar-refractivity contribution in [3.8, 4) is 0 Å². The first-order chi connectivity index (χ1) is 25.6. The molecule has 0 unspecified atom stereocenters. The van der Waals surface area contributed by atoms with Gasteiger partial charge in [0.15, 0.2) is 0 Å². The fraction of sp³-hybridized carbons (Fsp3) is 0.156. The molecule has 0 spiro atoms. The first-order valence-corrected chi connectivity index (χ1v) is 19.1. The Balaban J connectivity index is 0.000000271. The normalized spacial score (nSPS) is 9.94. The highest BCUT2D eigenvalue weighted by Crippen LogP contribution is 2.36. The molecule has 274 valence electrons. The number of aryl methyl sites for hydroxylation is 3. The fourth-order valence-corrected chi connectivity index (χ4v) is 7.89. The summed E-state index contributed by atoms with van der Waals surface area (Å²) in [5, 5.41) is 4.38. The van der Waals surface area contributed by atoms with Gasteiger partial charge in [0.25, 0.3) is 0 Å². The molecule has 0 aliphatic carbocycles. The van der Waals surface area contributed by atoms with Crippen LogP contribution in [0.15, 0.2) is 145 Å². The molecule has 0 fully saturated rings. The predicted octanol–water partition coefficient (Wildman–Crippen LogP) is 9.44. The molecular weight excluding hydrogens is 747 g/mol. The highest BCUT2D eigenvalue weighted by molar-refractivity contribution is 9.10. The standard InChI is InChI=1S/C21H21P.C12H12O3.C7H5BrO.C5H8O2/c1-16-10-4-7-13-19(16)22(20-14-8-5-11-17(20)2)21-15-9-6-12-18(21)3;1-2-15-12(14)7-6-10-4-3-5-11(8-10)9-13;8-7-3-1-2-6(4-7)5-9;1-3-5(6)7-4-2/h4-15H,1-3H3;3-9H,2H2,1H3;1-5H;3H,1,4H2,2H3/b;7-6+;;. The van der Waals surface area contributed by atoms with Gasteiger partial charge in [-0.15, -0.1) is 0 Å². The molecular formula is C45H46BrO6P. The summed E-state index contributed by atoms with van der Waals surface area (Å²) in [6.45, 7) is 14.2. The molecule has 8 heteroatoms. The summed E-state index contributed by atoms with van der Waals surface area (Å²) in [6, 6.07) is 40.6. The third-order valence-electron chi connectivity index (χ3n) is 7.25. The van der Waals surface area contributed by atoms with Gasteiger partial charge in [-0.25, -0.2) is 9.59 Å². The lowest BCUT2D eigenvalue weighted by molar-refractivity contribution is -0.138. The van der Waals surface area contributed by atoms with E-state index in [4.69, 9.17) is 4.74 Å². The lowest BCUT2D eigenvalue weighted by Crippen LogP contribution is -2.25. The van der Waals surface area contributed by atoms with Crippen molar-refractivity contribution >= 4 is 70.4 Å². The number of halogens is 1. The number of aldehydes is 2. The Morgan fingerprint density at radius 2 is 1.02 bits per heavy atom. The van der Waals surface area contributed by atoms with E-state index < -0.39 is 7.92 Å². The summed E-state index contributed by atoms with van der Waals surface area (Å²) in [5.41, 5.74) is 6.21. The minimum absolute atomic E-state index is 0.359. The molecule has 0 N–H and O–H groups in total. The summed E-state index contributed by atoms with van der Waals surface area (Å²) >= 11 is 3.24. The van der Waals surface area contributed by atoms with Gasteiger partial charge in [0.2, 0.25) is 0 Å². The Morgan fingerprint density at radius 1 is 0.604 bits per heavy atom. The third kappa shape index (κ3) is 15.9. The van der Waals surface area contributed by atoms with E-state index in [9.17, 15) is 19.2 Å². The molecule has 0 saturated heterocycles. The summed E-state index contributed by atoms with van der Waals surface area (Å²) in [7, 11) is -0.508. The van der Waals surface area contributed by atoms with E-state index >= 15 is 0 Å². The van der Waals surface area contributed by atoms with Gasteiger partial charge in [-0.1, -0.05) is 126 Å². The van der Waals surface area contributed by atoms with Crippen molar-refractivity contribution in [1.29, 1.82) is 0 Å². The van der Waals surface area contributed by atoms with Crippen LogP contribution in [0.1, 0.15) is 56.8 Å². The summed E-state index contributed by atoms with van der Waals surface area (Å²) < 4.78 is 10.1. The number of hydrogen-bond donors (Lipinski definition) is 0. The van der Waals surface area contributed by atoms with Crippen LogP contribution in [0.25, 0.3) is 6.08 Å². The van der Waals surface area contributed by atoms with E-state index in [1.165, 1.54) is 38.7 Å². The molecule has 0 aliphatic rings. The quantitative estimate of drug-likeness (QED) is 0.0607. The molecule has 0 aromatic heterocycles. The predicted molar refractivity (Wildman–Crippen MR) is 223 cm³/mol. The van der Waals surface area contributed by atoms with Gasteiger partial charge in [0, 0.05) is 27.8 Å². The second-order valence-corrected chi connectivity index (χ2v) is 14.2. The van der Waals surface area contributed by atoms with Crippen LogP contribution in [0, 0.1) is 20.8 Å². The van der Waals surface area contributed by atoms with Crippen LogP contribution < -0.4 is 15.9 Å². The van der Waals surface area contributed by atoms with Crippen molar-refractivity contribution in [3.05, 3.63) is 178 Å². The first-order valence-electron chi connectivity index (χ1n) is 16.9. The summed E-state index contributed by atoms with van der Waals surface area (Å²) in [4.78, 5) is 41.7. The van der Waals surface area contributed by atoms with Crippen LogP contribution in [0.4, 0.5) is 0 Å². The monoisotopic (exact) mass is 792 g/mol. The van der Waals surface area contributed by atoms with Crippen molar-refractivity contribution in [1.82, 2.24) is 0 Å². The van der Waals surface area contributed by atoms with Crippen molar-refractivity contribution in [2.24, 2.45) is 0 Å². The van der Waals surface area contributed by atoms with Crippen molar-refractivity contribution in [2.45, 2.75) is 34.6 Å². The fourth-order valence-electron chi connectivity index (χ4n) is 4.70. The van der Waals surface area contributed by atoms with E-state index in [0.717, 1.165) is 28.7 Å². The number of hydrogen-bond acceptors (Lipinski definition) is 6. The molecule has 53 heavy (non-hydrogen) atoms. The SMILES string of the molecule is C=CC(=O)OCC.CCOC(=O)/C=C/c1cccc(C=O)c1.Cc1ccccc1P(c1ccccc1C)c1ccccc1C.O=Cc1cccc(Br)c1. The van der Waals surface area contributed by atoms with E-state index in [2.05, 4.69) is 121 Å². The van der Waals surface area contributed by atoms with Gasteiger partial charge in [0.05, 0.1) is 13.2 Å². The molecule has 0 bridgehead atoms. The Bertz CT molecular complexity index is 1860. The minimum atomic E-state index is -0.508. The molecule has 5 aromatic carbocycles. The Hall–Kier alpha value is -5.23. The molecule has 0 radical (unpaired) electrons. The molecule has 6 nitrogen and oxygen atoms in total.